The van der Waals surface area contributed by atoms with Gasteiger partial charge in [0, 0.05) is 38.8 Å². The van der Waals surface area contributed by atoms with Gasteiger partial charge in [-0.2, -0.15) is 4.31 Å². The minimum absolute atomic E-state index is 0.0626. The summed E-state index contributed by atoms with van der Waals surface area (Å²) in [7, 11) is -2.24. The average molecular weight is 396 g/mol. The molecule has 27 heavy (non-hydrogen) atoms. The molecule has 0 saturated carbocycles. The second-order valence-electron chi connectivity index (χ2n) is 7.16. The molecule has 7 nitrogen and oxygen atoms in total. The number of likely N-dealkylation sites (N-methyl/N-ethyl adjacent to an activating group) is 1. The van der Waals surface area contributed by atoms with Crippen LogP contribution in [0.1, 0.15) is 25.3 Å². The minimum Gasteiger partial charge on any atom is -0.497 e. The Kier molecular flexibility index (Phi) is 6.08. The number of rotatable bonds is 5. The molecule has 8 heteroatoms. The summed E-state index contributed by atoms with van der Waals surface area (Å²) in [6.07, 6.45) is 1.28. The SMILES string of the molecule is CCN1CCN(C(=O)[C@@H]2CCCN2S(=O)(=O)c2cc(OC)ccc2C)CC1. The van der Waals surface area contributed by atoms with E-state index < -0.39 is 16.1 Å². The number of nitrogens with zero attached hydrogens (tertiary/aromatic N) is 3. The lowest BCUT2D eigenvalue weighted by molar-refractivity contribution is -0.136. The van der Waals surface area contributed by atoms with E-state index in [1.165, 1.54) is 11.4 Å². The molecule has 0 aliphatic carbocycles. The van der Waals surface area contributed by atoms with Gasteiger partial charge in [-0.15, -0.1) is 0 Å². The van der Waals surface area contributed by atoms with Crippen molar-refractivity contribution in [3.05, 3.63) is 23.8 Å². The first-order valence-corrected chi connectivity index (χ1v) is 11.0. The number of carbonyl (C=O) groups is 1. The largest absolute Gasteiger partial charge is 0.497 e. The average Bonchev–Trinajstić information content (AvgIpc) is 3.18. The first kappa shape index (κ1) is 20.1. The zero-order chi connectivity index (χ0) is 19.6. The smallest absolute Gasteiger partial charge is 0.244 e. The number of hydrogen-bond acceptors (Lipinski definition) is 5. The number of carbonyl (C=O) groups excluding carboxylic acids is 1. The molecule has 2 fully saturated rings. The summed E-state index contributed by atoms with van der Waals surface area (Å²) < 4.78 is 33.2. The van der Waals surface area contributed by atoms with Crippen molar-refractivity contribution in [1.82, 2.24) is 14.1 Å². The van der Waals surface area contributed by atoms with Gasteiger partial charge in [-0.3, -0.25) is 4.79 Å². The van der Waals surface area contributed by atoms with E-state index in [4.69, 9.17) is 4.74 Å². The van der Waals surface area contributed by atoms with E-state index in [1.807, 2.05) is 4.90 Å². The molecule has 0 aromatic heterocycles. The van der Waals surface area contributed by atoms with Crippen LogP contribution in [0.3, 0.4) is 0 Å². The van der Waals surface area contributed by atoms with Gasteiger partial charge in [0.05, 0.1) is 12.0 Å². The maximum Gasteiger partial charge on any atom is 0.244 e. The van der Waals surface area contributed by atoms with Gasteiger partial charge >= 0.3 is 0 Å². The summed E-state index contributed by atoms with van der Waals surface area (Å²) in [5.41, 5.74) is 0.658. The molecule has 150 valence electrons. The molecule has 0 radical (unpaired) electrons. The van der Waals surface area contributed by atoms with Crippen LogP contribution >= 0.6 is 0 Å². The lowest BCUT2D eigenvalue weighted by Gasteiger charge is -2.36. The Labute approximate surface area is 161 Å². The third-order valence-electron chi connectivity index (χ3n) is 5.60. The quantitative estimate of drug-likeness (QED) is 0.752. The molecule has 1 atom stereocenters. The summed E-state index contributed by atoms with van der Waals surface area (Å²) in [6.45, 7) is 8.24. The summed E-state index contributed by atoms with van der Waals surface area (Å²) in [5.74, 6) is 0.435. The molecule has 2 heterocycles. The molecule has 0 bridgehead atoms. The van der Waals surface area contributed by atoms with Crippen LogP contribution in [-0.4, -0.2) is 80.9 Å². The Morgan fingerprint density at radius 1 is 1.19 bits per heavy atom. The maximum atomic E-state index is 13.3. The highest BCUT2D eigenvalue weighted by atomic mass is 32.2. The molecule has 2 aliphatic heterocycles. The summed E-state index contributed by atoms with van der Waals surface area (Å²) in [6, 6.07) is 4.43. The van der Waals surface area contributed by atoms with E-state index in [0.717, 1.165) is 19.6 Å². The van der Waals surface area contributed by atoms with E-state index in [9.17, 15) is 13.2 Å². The molecular formula is C19H29N3O4S. The van der Waals surface area contributed by atoms with Crippen molar-refractivity contribution >= 4 is 15.9 Å². The number of aryl methyl sites for hydroxylation is 1. The molecular weight excluding hydrogens is 366 g/mol. The normalized spacial score (nSPS) is 22.2. The molecule has 3 rings (SSSR count). The first-order valence-electron chi connectivity index (χ1n) is 9.56. The van der Waals surface area contributed by atoms with E-state index in [0.29, 0.717) is 43.8 Å². The van der Waals surface area contributed by atoms with Gasteiger partial charge in [0.2, 0.25) is 15.9 Å². The van der Waals surface area contributed by atoms with Crippen LogP contribution in [0.4, 0.5) is 0 Å². The van der Waals surface area contributed by atoms with Gasteiger partial charge < -0.3 is 14.5 Å². The van der Waals surface area contributed by atoms with Crippen LogP contribution in [0.5, 0.6) is 5.75 Å². The van der Waals surface area contributed by atoms with Gasteiger partial charge in [0.15, 0.2) is 0 Å². The highest BCUT2D eigenvalue weighted by molar-refractivity contribution is 7.89. The molecule has 1 aromatic carbocycles. The van der Waals surface area contributed by atoms with Crippen LogP contribution in [0, 0.1) is 6.92 Å². The fraction of sp³-hybridized carbons (Fsp3) is 0.632. The van der Waals surface area contributed by atoms with Gasteiger partial charge in [0.1, 0.15) is 11.8 Å². The number of piperazine rings is 1. The second kappa shape index (κ2) is 8.16. The third-order valence-corrected chi connectivity index (χ3v) is 7.65. The number of hydrogen-bond donors (Lipinski definition) is 0. The Bertz CT molecular complexity index is 788. The van der Waals surface area contributed by atoms with Gasteiger partial charge in [-0.25, -0.2) is 8.42 Å². The molecule has 2 aliphatic rings. The zero-order valence-electron chi connectivity index (χ0n) is 16.3. The third kappa shape index (κ3) is 3.97. The predicted molar refractivity (Wildman–Crippen MR) is 103 cm³/mol. The summed E-state index contributed by atoms with van der Waals surface area (Å²) in [4.78, 5) is 17.4. The Hall–Kier alpha value is -1.64. The first-order chi connectivity index (χ1) is 12.9. The molecule has 1 aromatic rings. The number of sulfonamides is 1. The predicted octanol–water partition coefficient (Wildman–Crippen LogP) is 1.32. The summed E-state index contributed by atoms with van der Waals surface area (Å²) >= 11 is 0. The number of ether oxygens (including phenoxy) is 1. The summed E-state index contributed by atoms with van der Waals surface area (Å²) in [5, 5.41) is 0. The van der Waals surface area contributed by atoms with Crippen LogP contribution in [0.2, 0.25) is 0 Å². The minimum atomic E-state index is -3.75. The Morgan fingerprint density at radius 2 is 1.89 bits per heavy atom. The van der Waals surface area contributed by atoms with Gasteiger partial charge in [0.25, 0.3) is 0 Å². The van der Waals surface area contributed by atoms with Crippen molar-refractivity contribution in [2.75, 3.05) is 46.4 Å². The van der Waals surface area contributed by atoms with Crippen molar-refractivity contribution in [3.63, 3.8) is 0 Å². The fourth-order valence-corrected chi connectivity index (χ4v) is 5.77. The molecule has 1 amide bonds. The highest BCUT2D eigenvalue weighted by Crippen LogP contribution is 2.31. The van der Waals surface area contributed by atoms with Crippen LogP contribution in [0.15, 0.2) is 23.1 Å². The second-order valence-corrected chi connectivity index (χ2v) is 9.02. The monoisotopic (exact) mass is 395 g/mol. The molecule has 0 unspecified atom stereocenters. The van der Waals surface area contributed by atoms with Crippen molar-refractivity contribution in [2.24, 2.45) is 0 Å². The molecule has 0 N–H and O–H groups in total. The van der Waals surface area contributed by atoms with E-state index >= 15 is 0 Å². The van der Waals surface area contributed by atoms with Gasteiger partial charge in [-0.1, -0.05) is 13.0 Å². The lowest BCUT2D eigenvalue weighted by Crippen LogP contribution is -2.54. The van der Waals surface area contributed by atoms with Crippen LogP contribution in [0.25, 0.3) is 0 Å². The molecule has 0 spiro atoms. The maximum absolute atomic E-state index is 13.3. The number of benzene rings is 1. The topological polar surface area (TPSA) is 70.2 Å². The van der Waals surface area contributed by atoms with Crippen molar-refractivity contribution in [2.45, 2.75) is 37.6 Å². The standard InChI is InChI=1S/C19H29N3O4S/c1-4-20-10-12-21(13-11-20)19(23)17-6-5-9-22(17)27(24,25)18-14-16(26-3)8-7-15(18)2/h7-8,14,17H,4-6,9-13H2,1-3H3/t17-/m0/s1. The fourth-order valence-electron chi connectivity index (χ4n) is 3.88. The van der Waals surface area contributed by atoms with E-state index in [2.05, 4.69) is 11.8 Å². The Balaban J connectivity index is 1.82. The lowest BCUT2D eigenvalue weighted by atomic mass is 10.2. The number of amides is 1. The van der Waals surface area contributed by atoms with Crippen molar-refractivity contribution in [1.29, 1.82) is 0 Å². The van der Waals surface area contributed by atoms with E-state index in [1.54, 1.807) is 25.1 Å². The highest BCUT2D eigenvalue weighted by Gasteiger charge is 2.42. The zero-order valence-corrected chi connectivity index (χ0v) is 17.2. The van der Waals surface area contributed by atoms with Gasteiger partial charge in [-0.05, 0) is 37.9 Å². The Morgan fingerprint density at radius 3 is 2.52 bits per heavy atom. The number of methoxy groups -OCH3 is 1. The van der Waals surface area contributed by atoms with Crippen LogP contribution < -0.4 is 4.74 Å². The van der Waals surface area contributed by atoms with E-state index in [-0.39, 0.29) is 10.8 Å². The van der Waals surface area contributed by atoms with Crippen molar-refractivity contribution < 1.29 is 17.9 Å². The van der Waals surface area contributed by atoms with Crippen molar-refractivity contribution in [3.8, 4) is 5.75 Å². The van der Waals surface area contributed by atoms with Crippen LogP contribution in [-0.2, 0) is 14.8 Å². The molecule has 2 saturated heterocycles.